The Morgan fingerprint density at radius 3 is 2.49 bits per heavy atom. The summed E-state index contributed by atoms with van der Waals surface area (Å²) in [7, 11) is -2.31. The minimum atomic E-state index is -3.89. The number of methoxy groups -OCH3 is 1. The number of sulfonamides is 1. The van der Waals surface area contributed by atoms with Gasteiger partial charge in [0.25, 0.3) is 0 Å². The summed E-state index contributed by atoms with van der Waals surface area (Å²) in [6.45, 7) is 5.19. The highest BCUT2D eigenvalue weighted by Gasteiger charge is 2.65. The molecule has 0 aliphatic heterocycles. The number of fused-ring (bicyclic) bond motifs is 2. The standard InChI is InChI=1S/C28H38N2O5S2/c1-27(2)23-12-13-28(27,25(31)17-23)21-37(33,34)30(14-8-15-35-3)20-26(32)29(19-24-11-7-16-36-24)18-22-9-5-4-6-10-22/h4-7,9-11,16,23H,8,12-15,17-21H2,1-3H3. The molecule has 202 valence electrons. The highest BCUT2D eigenvalue weighted by atomic mass is 32.2. The van der Waals surface area contributed by atoms with Gasteiger partial charge in [0.15, 0.2) is 0 Å². The average molecular weight is 547 g/mol. The van der Waals surface area contributed by atoms with Crippen LogP contribution in [0.1, 0.15) is 50.0 Å². The number of carbonyl (C=O) groups is 2. The molecule has 1 heterocycles. The van der Waals surface area contributed by atoms with E-state index in [1.807, 2.05) is 61.7 Å². The SMILES string of the molecule is COCCCN(CC(=O)N(Cc1ccccc1)Cc1cccs1)S(=O)(=O)CC12CCC(CC1=O)C2(C)C. The van der Waals surface area contributed by atoms with Crippen LogP contribution in [-0.4, -0.2) is 61.9 Å². The maximum Gasteiger partial charge on any atom is 0.238 e. The Morgan fingerprint density at radius 1 is 1.14 bits per heavy atom. The second kappa shape index (κ2) is 11.4. The minimum Gasteiger partial charge on any atom is -0.385 e. The van der Waals surface area contributed by atoms with Crippen molar-refractivity contribution in [1.82, 2.24) is 9.21 Å². The molecule has 9 heteroatoms. The zero-order chi connectivity index (χ0) is 26.7. The molecule has 2 aliphatic carbocycles. The van der Waals surface area contributed by atoms with Crippen molar-refractivity contribution in [2.24, 2.45) is 16.7 Å². The molecule has 0 saturated heterocycles. The summed E-state index contributed by atoms with van der Waals surface area (Å²) in [5, 5.41) is 1.97. The van der Waals surface area contributed by atoms with Crippen molar-refractivity contribution in [1.29, 1.82) is 0 Å². The van der Waals surface area contributed by atoms with Gasteiger partial charge in [0, 0.05) is 43.5 Å². The molecule has 2 atom stereocenters. The lowest BCUT2D eigenvalue weighted by atomic mass is 9.70. The zero-order valence-corrected chi connectivity index (χ0v) is 23.7. The van der Waals surface area contributed by atoms with Gasteiger partial charge in [-0.15, -0.1) is 11.3 Å². The molecule has 2 aromatic rings. The number of amides is 1. The largest absolute Gasteiger partial charge is 0.385 e. The summed E-state index contributed by atoms with van der Waals surface area (Å²) in [5.74, 6) is -0.196. The second-order valence-corrected chi connectivity index (χ2v) is 13.9. The molecule has 0 spiro atoms. The monoisotopic (exact) mass is 546 g/mol. The number of Topliss-reactive ketones (excluding diaryl/α,β-unsaturated/α-hetero) is 1. The molecule has 37 heavy (non-hydrogen) atoms. The fraction of sp³-hybridized carbons (Fsp3) is 0.571. The van der Waals surface area contributed by atoms with E-state index in [-0.39, 0.29) is 41.9 Å². The summed E-state index contributed by atoms with van der Waals surface area (Å²) in [6, 6.07) is 13.6. The molecule has 0 radical (unpaired) electrons. The van der Waals surface area contributed by atoms with E-state index in [9.17, 15) is 18.0 Å². The number of nitrogens with zero attached hydrogens (tertiary/aromatic N) is 2. The summed E-state index contributed by atoms with van der Waals surface area (Å²) < 4.78 is 34.3. The van der Waals surface area contributed by atoms with E-state index in [4.69, 9.17) is 4.74 Å². The van der Waals surface area contributed by atoms with E-state index < -0.39 is 15.4 Å². The molecule has 2 aliphatic rings. The van der Waals surface area contributed by atoms with Gasteiger partial charge in [-0.1, -0.05) is 50.2 Å². The Kier molecular flexibility index (Phi) is 8.58. The van der Waals surface area contributed by atoms with E-state index in [0.717, 1.165) is 16.9 Å². The number of benzene rings is 1. The third-order valence-electron chi connectivity index (χ3n) is 8.52. The lowest BCUT2D eigenvalue weighted by Crippen LogP contribution is -2.49. The van der Waals surface area contributed by atoms with Crippen LogP contribution in [0.5, 0.6) is 0 Å². The number of ketones is 1. The first-order chi connectivity index (χ1) is 17.6. The molecule has 1 aromatic heterocycles. The molecule has 4 rings (SSSR count). The van der Waals surface area contributed by atoms with Gasteiger partial charge in [-0.2, -0.15) is 4.31 Å². The molecule has 1 amide bonds. The molecule has 1 aromatic carbocycles. The first kappa shape index (κ1) is 28.0. The van der Waals surface area contributed by atoms with Gasteiger partial charge in [-0.3, -0.25) is 9.59 Å². The number of rotatable bonds is 13. The molecule has 0 N–H and O–H groups in total. The van der Waals surface area contributed by atoms with Crippen LogP contribution in [0.3, 0.4) is 0 Å². The normalized spacial score (nSPS) is 22.6. The predicted octanol–water partition coefficient (Wildman–Crippen LogP) is 4.34. The van der Waals surface area contributed by atoms with Crippen LogP contribution in [0, 0.1) is 16.7 Å². The highest BCUT2D eigenvalue weighted by Crippen LogP contribution is 2.64. The van der Waals surface area contributed by atoms with Crippen LogP contribution in [-0.2, 0) is 37.4 Å². The Bertz CT molecular complexity index is 1180. The first-order valence-electron chi connectivity index (χ1n) is 12.9. The Morgan fingerprint density at radius 2 is 1.89 bits per heavy atom. The lowest BCUT2D eigenvalue weighted by molar-refractivity contribution is -0.132. The van der Waals surface area contributed by atoms with Crippen LogP contribution in [0.4, 0.5) is 0 Å². The van der Waals surface area contributed by atoms with Crippen molar-refractivity contribution in [3.05, 3.63) is 58.3 Å². The number of carbonyl (C=O) groups excluding carboxylic acids is 2. The van der Waals surface area contributed by atoms with E-state index in [0.29, 0.717) is 39.0 Å². The number of hydrogen-bond donors (Lipinski definition) is 0. The van der Waals surface area contributed by atoms with Crippen molar-refractivity contribution >= 4 is 33.1 Å². The average Bonchev–Trinajstić information content (AvgIpc) is 3.50. The minimum absolute atomic E-state index is 0.0592. The molecular weight excluding hydrogens is 508 g/mol. The molecule has 7 nitrogen and oxygen atoms in total. The van der Waals surface area contributed by atoms with Gasteiger partial charge in [0.05, 0.1) is 18.8 Å². The molecule has 2 bridgehead atoms. The fourth-order valence-electron chi connectivity index (χ4n) is 6.09. The third kappa shape index (κ3) is 5.85. The fourth-order valence-corrected chi connectivity index (χ4v) is 9.01. The van der Waals surface area contributed by atoms with Gasteiger partial charge >= 0.3 is 0 Å². The summed E-state index contributed by atoms with van der Waals surface area (Å²) in [6.07, 6.45) is 2.40. The van der Waals surface area contributed by atoms with Crippen molar-refractivity contribution in [3.8, 4) is 0 Å². The smallest absolute Gasteiger partial charge is 0.238 e. The molecular formula is C28H38N2O5S2. The van der Waals surface area contributed by atoms with Gasteiger partial charge in [0.2, 0.25) is 15.9 Å². The van der Waals surface area contributed by atoms with Crippen LogP contribution in [0.2, 0.25) is 0 Å². The van der Waals surface area contributed by atoms with E-state index >= 15 is 0 Å². The van der Waals surface area contributed by atoms with Crippen molar-refractivity contribution in [3.63, 3.8) is 0 Å². The molecule has 2 unspecified atom stereocenters. The van der Waals surface area contributed by atoms with Gasteiger partial charge in [-0.25, -0.2) is 8.42 Å². The van der Waals surface area contributed by atoms with E-state index in [1.54, 1.807) is 23.3 Å². The predicted molar refractivity (Wildman–Crippen MR) is 145 cm³/mol. The van der Waals surface area contributed by atoms with Crippen molar-refractivity contribution in [2.45, 2.75) is 52.6 Å². The van der Waals surface area contributed by atoms with Gasteiger partial charge < -0.3 is 9.64 Å². The first-order valence-corrected chi connectivity index (χ1v) is 15.4. The van der Waals surface area contributed by atoms with Crippen molar-refractivity contribution in [2.75, 3.05) is 32.6 Å². The summed E-state index contributed by atoms with van der Waals surface area (Å²) >= 11 is 1.57. The lowest BCUT2D eigenvalue weighted by Gasteiger charge is -2.38. The number of thiophene rings is 1. The van der Waals surface area contributed by atoms with Crippen LogP contribution in [0.25, 0.3) is 0 Å². The topological polar surface area (TPSA) is 84.0 Å². The number of hydrogen-bond acceptors (Lipinski definition) is 6. The summed E-state index contributed by atoms with van der Waals surface area (Å²) in [4.78, 5) is 29.5. The highest BCUT2D eigenvalue weighted by molar-refractivity contribution is 7.89. The Hall–Kier alpha value is -2.07. The Balaban J connectivity index is 1.57. The quantitative estimate of drug-likeness (QED) is 0.349. The van der Waals surface area contributed by atoms with Gasteiger partial charge in [0.1, 0.15) is 5.78 Å². The maximum absolute atomic E-state index is 13.9. The van der Waals surface area contributed by atoms with Crippen molar-refractivity contribution < 1.29 is 22.7 Å². The third-order valence-corrected chi connectivity index (χ3v) is 11.3. The van der Waals surface area contributed by atoms with Crippen LogP contribution >= 0.6 is 11.3 Å². The number of ether oxygens (including phenoxy) is 1. The van der Waals surface area contributed by atoms with Crippen LogP contribution in [0.15, 0.2) is 47.8 Å². The zero-order valence-electron chi connectivity index (χ0n) is 22.0. The second-order valence-electron chi connectivity index (χ2n) is 10.9. The van der Waals surface area contributed by atoms with Gasteiger partial charge in [-0.05, 0) is 47.6 Å². The van der Waals surface area contributed by atoms with E-state index in [1.165, 1.54) is 4.31 Å². The molecule has 2 saturated carbocycles. The summed E-state index contributed by atoms with van der Waals surface area (Å²) in [5.41, 5.74) is -0.257. The Labute approximate surface area is 224 Å². The van der Waals surface area contributed by atoms with E-state index in [2.05, 4.69) is 0 Å². The maximum atomic E-state index is 13.9. The molecule has 2 fully saturated rings. The van der Waals surface area contributed by atoms with Crippen LogP contribution < -0.4 is 0 Å².